The van der Waals surface area contributed by atoms with Crippen molar-refractivity contribution in [2.24, 2.45) is 0 Å². The Labute approximate surface area is 149 Å². The maximum atomic E-state index is 12.8. The normalized spacial score (nSPS) is 11.0. The Kier molecular flexibility index (Phi) is 3.92. The summed E-state index contributed by atoms with van der Waals surface area (Å²) in [6, 6.07) is 7.33. The van der Waals surface area contributed by atoms with Crippen molar-refractivity contribution < 1.29 is 9.32 Å². The minimum Gasteiger partial charge on any atom is -0.359 e. The topological polar surface area (TPSA) is 89.4 Å². The summed E-state index contributed by atoms with van der Waals surface area (Å²) in [5.41, 5.74) is 3.49. The Balaban J connectivity index is 1.54. The fourth-order valence-electron chi connectivity index (χ4n) is 2.75. The van der Waals surface area contributed by atoms with Gasteiger partial charge in [-0.2, -0.15) is 5.10 Å². The fourth-order valence-corrected chi connectivity index (χ4v) is 2.75. The summed E-state index contributed by atoms with van der Waals surface area (Å²) in [5, 5.41) is 8.23. The molecule has 4 rings (SSSR count). The first-order chi connectivity index (χ1) is 12.6. The minimum atomic E-state index is -0.160. The first kappa shape index (κ1) is 15.9. The van der Waals surface area contributed by atoms with Crippen LogP contribution >= 0.6 is 0 Å². The van der Waals surface area contributed by atoms with Crippen molar-refractivity contribution in [3.05, 3.63) is 66.1 Å². The standard InChI is InChI=1S/C18H16N6O2/c1-12-15(10-20-17-5-7-21-24(12)17)18(25)23(2)11-14-8-16(22-26-14)13-4-3-6-19-9-13/h3-10H,11H2,1-2H3. The minimum absolute atomic E-state index is 0.160. The molecule has 8 nitrogen and oxygen atoms in total. The number of pyridine rings is 1. The predicted molar refractivity (Wildman–Crippen MR) is 93.3 cm³/mol. The average Bonchev–Trinajstić information content (AvgIpc) is 3.32. The number of amides is 1. The van der Waals surface area contributed by atoms with Gasteiger partial charge in [-0.25, -0.2) is 9.50 Å². The van der Waals surface area contributed by atoms with Gasteiger partial charge in [-0.1, -0.05) is 5.16 Å². The van der Waals surface area contributed by atoms with Gasteiger partial charge in [0.25, 0.3) is 5.91 Å². The van der Waals surface area contributed by atoms with Crippen molar-refractivity contribution in [3.63, 3.8) is 0 Å². The van der Waals surface area contributed by atoms with Crippen LogP contribution in [0, 0.1) is 6.92 Å². The molecule has 4 heterocycles. The van der Waals surface area contributed by atoms with Crippen LogP contribution in [0.5, 0.6) is 0 Å². The van der Waals surface area contributed by atoms with Gasteiger partial charge in [0.1, 0.15) is 5.69 Å². The van der Waals surface area contributed by atoms with Gasteiger partial charge in [0.2, 0.25) is 0 Å². The van der Waals surface area contributed by atoms with Crippen LogP contribution in [0.3, 0.4) is 0 Å². The lowest BCUT2D eigenvalue weighted by atomic mass is 10.2. The van der Waals surface area contributed by atoms with Crippen LogP contribution in [-0.2, 0) is 6.54 Å². The third-order valence-electron chi connectivity index (χ3n) is 4.14. The molecule has 130 valence electrons. The second-order valence-corrected chi connectivity index (χ2v) is 5.94. The zero-order valence-electron chi connectivity index (χ0n) is 14.3. The van der Waals surface area contributed by atoms with E-state index in [1.54, 1.807) is 47.3 Å². The van der Waals surface area contributed by atoms with E-state index in [1.807, 2.05) is 25.1 Å². The number of aryl methyl sites for hydroxylation is 1. The van der Waals surface area contributed by atoms with Gasteiger partial charge in [-0.15, -0.1) is 0 Å². The Morgan fingerprint density at radius 1 is 1.27 bits per heavy atom. The quantitative estimate of drug-likeness (QED) is 0.562. The first-order valence-corrected chi connectivity index (χ1v) is 8.04. The van der Waals surface area contributed by atoms with Crippen molar-refractivity contribution in [2.75, 3.05) is 7.05 Å². The molecule has 4 aromatic heterocycles. The maximum absolute atomic E-state index is 12.8. The van der Waals surface area contributed by atoms with Crippen LogP contribution in [0.15, 0.2) is 53.6 Å². The lowest BCUT2D eigenvalue weighted by molar-refractivity contribution is 0.0770. The van der Waals surface area contributed by atoms with Gasteiger partial charge in [0, 0.05) is 43.3 Å². The van der Waals surface area contributed by atoms with Crippen LogP contribution in [-0.4, -0.2) is 42.6 Å². The monoisotopic (exact) mass is 348 g/mol. The van der Waals surface area contributed by atoms with Crippen molar-refractivity contribution in [1.29, 1.82) is 0 Å². The van der Waals surface area contributed by atoms with E-state index in [-0.39, 0.29) is 5.91 Å². The Morgan fingerprint density at radius 2 is 2.15 bits per heavy atom. The van der Waals surface area contributed by atoms with E-state index in [9.17, 15) is 4.79 Å². The smallest absolute Gasteiger partial charge is 0.257 e. The second-order valence-electron chi connectivity index (χ2n) is 5.94. The van der Waals surface area contributed by atoms with Crippen LogP contribution in [0.2, 0.25) is 0 Å². The molecule has 26 heavy (non-hydrogen) atoms. The SMILES string of the molecule is Cc1c(C(=O)N(C)Cc2cc(-c3cccnc3)no2)cnc2ccnn12. The number of aromatic nitrogens is 5. The molecular formula is C18H16N6O2. The zero-order valence-corrected chi connectivity index (χ0v) is 14.3. The third kappa shape index (κ3) is 2.81. The van der Waals surface area contributed by atoms with E-state index in [4.69, 9.17) is 4.52 Å². The number of fused-ring (bicyclic) bond motifs is 1. The molecule has 0 unspecified atom stereocenters. The maximum Gasteiger partial charge on any atom is 0.257 e. The van der Waals surface area contributed by atoms with Gasteiger partial charge in [0.05, 0.1) is 24.0 Å². The van der Waals surface area contributed by atoms with E-state index in [2.05, 4.69) is 20.2 Å². The molecular weight excluding hydrogens is 332 g/mol. The number of hydrogen-bond acceptors (Lipinski definition) is 6. The number of hydrogen-bond donors (Lipinski definition) is 0. The molecule has 0 bridgehead atoms. The van der Waals surface area contributed by atoms with Crippen molar-refractivity contribution >= 4 is 11.6 Å². The van der Waals surface area contributed by atoms with Crippen LogP contribution < -0.4 is 0 Å². The van der Waals surface area contributed by atoms with Gasteiger partial charge in [-0.3, -0.25) is 9.78 Å². The van der Waals surface area contributed by atoms with Crippen molar-refractivity contribution in [1.82, 2.24) is 29.6 Å². The number of rotatable bonds is 4. The number of carbonyl (C=O) groups is 1. The van der Waals surface area contributed by atoms with E-state index < -0.39 is 0 Å². The summed E-state index contributed by atoms with van der Waals surface area (Å²) in [5.74, 6) is 0.428. The van der Waals surface area contributed by atoms with Gasteiger partial charge < -0.3 is 9.42 Å². The number of nitrogens with zero attached hydrogens (tertiary/aromatic N) is 6. The third-order valence-corrected chi connectivity index (χ3v) is 4.14. The summed E-state index contributed by atoms with van der Waals surface area (Å²) in [4.78, 5) is 22.7. The highest BCUT2D eigenvalue weighted by molar-refractivity contribution is 5.95. The molecule has 4 aromatic rings. The van der Waals surface area contributed by atoms with Gasteiger partial charge in [-0.05, 0) is 19.1 Å². The molecule has 8 heteroatoms. The Hall–Kier alpha value is -3.55. The Morgan fingerprint density at radius 3 is 2.96 bits per heavy atom. The molecule has 0 aliphatic heterocycles. The van der Waals surface area contributed by atoms with Crippen molar-refractivity contribution in [3.8, 4) is 11.3 Å². The molecule has 1 amide bonds. The highest BCUT2D eigenvalue weighted by Gasteiger charge is 2.19. The molecule has 0 spiro atoms. The highest BCUT2D eigenvalue weighted by atomic mass is 16.5. The highest BCUT2D eigenvalue weighted by Crippen LogP contribution is 2.19. The van der Waals surface area contributed by atoms with Crippen LogP contribution in [0.4, 0.5) is 0 Å². The van der Waals surface area contributed by atoms with Crippen LogP contribution in [0.1, 0.15) is 21.8 Å². The molecule has 0 saturated heterocycles. The summed E-state index contributed by atoms with van der Waals surface area (Å²) in [6.45, 7) is 2.14. The fraction of sp³-hybridized carbons (Fsp3) is 0.167. The summed E-state index contributed by atoms with van der Waals surface area (Å²) < 4.78 is 7.01. The molecule has 0 aliphatic rings. The molecule has 0 fully saturated rings. The number of carbonyl (C=O) groups excluding carboxylic acids is 1. The van der Waals surface area contributed by atoms with E-state index in [0.29, 0.717) is 29.2 Å². The summed E-state index contributed by atoms with van der Waals surface area (Å²) in [6.07, 6.45) is 6.64. The van der Waals surface area contributed by atoms with Crippen LogP contribution in [0.25, 0.3) is 16.9 Å². The van der Waals surface area contributed by atoms with E-state index >= 15 is 0 Å². The van der Waals surface area contributed by atoms with Crippen molar-refractivity contribution in [2.45, 2.75) is 13.5 Å². The van der Waals surface area contributed by atoms with Gasteiger partial charge in [0.15, 0.2) is 11.4 Å². The molecule has 0 radical (unpaired) electrons. The zero-order chi connectivity index (χ0) is 18.1. The lowest BCUT2D eigenvalue weighted by Gasteiger charge is -2.16. The first-order valence-electron chi connectivity index (χ1n) is 8.04. The Bertz CT molecular complexity index is 1070. The van der Waals surface area contributed by atoms with Gasteiger partial charge >= 0.3 is 0 Å². The second kappa shape index (κ2) is 6.40. The average molecular weight is 348 g/mol. The molecule has 0 saturated carbocycles. The lowest BCUT2D eigenvalue weighted by Crippen LogP contribution is -2.27. The summed E-state index contributed by atoms with van der Waals surface area (Å²) in [7, 11) is 1.71. The predicted octanol–water partition coefficient (Wildman–Crippen LogP) is 2.36. The molecule has 0 aromatic carbocycles. The molecule has 0 atom stereocenters. The molecule has 0 aliphatic carbocycles. The summed E-state index contributed by atoms with van der Waals surface area (Å²) >= 11 is 0. The largest absolute Gasteiger partial charge is 0.359 e. The molecule has 0 N–H and O–H groups in total. The van der Waals surface area contributed by atoms with E-state index in [0.717, 1.165) is 11.3 Å². The van der Waals surface area contributed by atoms with E-state index in [1.165, 1.54) is 0 Å².